The summed E-state index contributed by atoms with van der Waals surface area (Å²) in [6.07, 6.45) is 8.52. The first-order chi connectivity index (χ1) is 11.5. The van der Waals surface area contributed by atoms with Gasteiger partial charge in [-0.1, -0.05) is 30.3 Å². The number of imidazole rings is 1. The van der Waals surface area contributed by atoms with Crippen LogP contribution in [0.5, 0.6) is 0 Å². The third-order valence-corrected chi connectivity index (χ3v) is 5.82. The molecule has 7 heteroatoms. The van der Waals surface area contributed by atoms with Crippen LogP contribution in [0, 0.1) is 0 Å². The van der Waals surface area contributed by atoms with Crippen LogP contribution in [0.3, 0.4) is 0 Å². The molecule has 2 heterocycles. The van der Waals surface area contributed by atoms with Crippen LogP contribution in [0.1, 0.15) is 24.4 Å². The monoisotopic (exact) mass is 348 g/mol. The number of rotatable bonds is 6. The van der Waals surface area contributed by atoms with E-state index in [1.165, 1.54) is 11.8 Å². The van der Waals surface area contributed by atoms with E-state index in [1.807, 2.05) is 30.7 Å². The SMILES string of the molecule is CS(=O)(=O)N1CCC(N[C@@H](Cn2ccnc2)c2ccccc2)CC1. The fourth-order valence-corrected chi connectivity index (χ4v) is 4.06. The van der Waals surface area contributed by atoms with Gasteiger partial charge in [0, 0.05) is 38.1 Å². The minimum atomic E-state index is -3.08. The van der Waals surface area contributed by atoms with E-state index in [1.54, 1.807) is 10.5 Å². The van der Waals surface area contributed by atoms with Gasteiger partial charge in [-0.25, -0.2) is 17.7 Å². The largest absolute Gasteiger partial charge is 0.336 e. The van der Waals surface area contributed by atoms with E-state index in [0.29, 0.717) is 19.1 Å². The van der Waals surface area contributed by atoms with Gasteiger partial charge in [-0.2, -0.15) is 0 Å². The Kier molecular flexibility index (Phi) is 5.33. The summed E-state index contributed by atoms with van der Waals surface area (Å²) in [6, 6.07) is 10.9. The quantitative estimate of drug-likeness (QED) is 0.862. The van der Waals surface area contributed by atoms with Gasteiger partial charge in [0.15, 0.2) is 0 Å². The molecule has 1 aromatic carbocycles. The maximum Gasteiger partial charge on any atom is 0.211 e. The van der Waals surface area contributed by atoms with Crippen LogP contribution < -0.4 is 5.32 Å². The average molecular weight is 348 g/mol. The summed E-state index contributed by atoms with van der Waals surface area (Å²) >= 11 is 0. The molecule has 0 bridgehead atoms. The Hall–Kier alpha value is -1.70. The number of piperidine rings is 1. The first kappa shape index (κ1) is 17.1. The third kappa shape index (κ3) is 4.43. The maximum atomic E-state index is 11.6. The first-order valence-electron chi connectivity index (χ1n) is 8.24. The van der Waals surface area contributed by atoms with Crippen molar-refractivity contribution in [1.82, 2.24) is 19.2 Å². The van der Waals surface area contributed by atoms with Gasteiger partial charge in [-0.15, -0.1) is 0 Å². The highest BCUT2D eigenvalue weighted by Gasteiger charge is 2.26. The summed E-state index contributed by atoms with van der Waals surface area (Å²) in [4.78, 5) is 4.11. The Morgan fingerprint density at radius 2 is 1.96 bits per heavy atom. The molecule has 6 nitrogen and oxygen atoms in total. The van der Waals surface area contributed by atoms with Crippen LogP contribution in [-0.4, -0.2) is 47.7 Å². The number of nitrogens with one attached hydrogen (secondary N) is 1. The molecule has 0 saturated carbocycles. The smallest absolute Gasteiger partial charge is 0.211 e. The van der Waals surface area contributed by atoms with E-state index in [0.717, 1.165) is 19.4 Å². The van der Waals surface area contributed by atoms with Crippen LogP contribution in [0.25, 0.3) is 0 Å². The summed E-state index contributed by atoms with van der Waals surface area (Å²) in [6.45, 7) is 1.97. The zero-order valence-electron chi connectivity index (χ0n) is 13.9. The lowest BCUT2D eigenvalue weighted by molar-refractivity contribution is 0.267. The fourth-order valence-electron chi connectivity index (χ4n) is 3.18. The lowest BCUT2D eigenvalue weighted by Crippen LogP contribution is -2.46. The van der Waals surface area contributed by atoms with E-state index in [-0.39, 0.29) is 6.04 Å². The zero-order chi connectivity index (χ0) is 17.0. The van der Waals surface area contributed by atoms with Gasteiger partial charge in [0.05, 0.1) is 18.6 Å². The molecule has 0 radical (unpaired) electrons. The Morgan fingerprint density at radius 1 is 1.25 bits per heavy atom. The Bertz CT molecular complexity index is 723. The van der Waals surface area contributed by atoms with Gasteiger partial charge in [-0.05, 0) is 18.4 Å². The molecule has 0 spiro atoms. The number of benzene rings is 1. The number of hydrogen-bond acceptors (Lipinski definition) is 4. The third-order valence-electron chi connectivity index (χ3n) is 4.51. The summed E-state index contributed by atoms with van der Waals surface area (Å²) in [5, 5.41) is 3.71. The van der Waals surface area contributed by atoms with Crippen molar-refractivity contribution in [2.45, 2.75) is 31.5 Å². The zero-order valence-corrected chi connectivity index (χ0v) is 14.7. The van der Waals surface area contributed by atoms with Crippen molar-refractivity contribution in [3.63, 3.8) is 0 Å². The number of aromatic nitrogens is 2. The van der Waals surface area contributed by atoms with Crippen molar-refractivity contribution in [3.05, 3.63) is 54.6 Å². The highest BCUT2D eigenvalue weighted by atomic mass is 32.2. The van der Waals surface area contributed by atoms with E-state index in [4.69, 9.17) is 0 Å². The van der Waals surface area contributed by atoms with Crippen LogP contribution in [0.15, 0.2) is 49.1 Å². The lowest BCUT2D eigenvalue weighted by atomic mass is 10.0. The number of sulfonamides is 1. The second-order valence-corrected chi connectivity index (χ2v) is 8.31. The summed E-state index contributed by atoms with van der Waals surface area (Å²) < 4.78 is 26.9. The van der Waals surface area contributed by atoms with Crippen LogP contribution in [0.4, 0.5) is 0 Å². The molecule has 0 amide bonds. The molecule has 3 rings (SSSR count). The molecule has 0 unspecified atom stereocenters. The molecule has 24 heavy (non-hydrogen) atoms. The highest BCUT2D eigenvalue weighted by molar-refractivity contribution is 7.88. The summed E-state index contributed by atoms with van der Waals surface area (Å²) in [5.74, 6) is 0. The van der Waals surface area contributed by atoms with Crippen molar-refractivity contribution in [2.24, 2.45) is 0 Å². The normalized spacial score (nSPS) is 18.5. The summed E-state index contributed by atoms with van der Waals surface area (Å²) in [5.41, 5.74) is 1.23. The van der Waals surface area contributed by atoms with Gasteiger partial charge in [0.25, 0.3) is 0 Å². The van der Waals surface area contributed by atoms with E-state index in [9.17, 15) is 8.42 Å². The molecule has 1 aromatic heterocycles. The highest BCUT2D eigenvalue weighted by Crippen LogP contribution is 2.20. The molecule has 1 N–H and O–H groups in total. The van der Waals surface area contributed by atoms with Crippen molar-refractivity contribution >= 4 is 10.0 Å². The molecule has 0 aliphatic carbocycles. The summed E-state index contributed by atoms with van der Waals surface area (Å²) in [7, 11) is -3.08. The van der Waals surface area contributed by atoms with Crippen molar-refractivity contribution in [2.75, 3.05) is 19.3 Å². The van der Waals surface area contributed by atoms with Crippen LogP contribution in [-0.2, 0) is 16.6 Å². The van der Waals surface area contributed by atoms with Crippen molar-refractivity contribution < 1.29 is 8.42 Å². The van der Waals surface area contributed by atoms with Gasteiger partial charge >= 0.3 is 0 Å². The van der Waals surface area contributed by atoms with Gasteiger partial charge in [0.1, 0.15) is 0 Å². The lowest BCUT2D eigenvalue weighted by Gasteiger charge is -2.33. The Morgan fingerprint density at radius 3 is 2.54 bits per heavy atom. The first-order valence-corrected chi connectivity index (χ1v) is 10.1. The molecule has 1 fully saturated rings. The molecular formula is C17H24N4O2S. The fraction of sp³-hybridized carbons (Fsp3) is 0.471. The van der Waals surface area contributed by atoms with Gasteiger partial charge < -0.3 is 9.88 Å². The predicted octanol–water partition coefficient (Wildman–Crippen LogP) is 1.64. The molecular weight excluding hydrogens is 324 g/mol. The van der Waals surface area contributed by atoms with Crippen molar-refractivity contribution in [1.29, 1.82) is 0 Å². The standard InChI is InChI=1S/C17H24N4O2S/c1-24(22,23)21-10-7-16(8-11-21)19-17(13-20-12-9-18-14-20)15-5-3-2-4-6-15/h2-6,9,12,14,16-17,19H,7-8,10-11,13H2,1H3/t17-/m0/s1. The Labute approximate surface area is 143 Å². The topological polar surface area (TPSA) is 67.2 Å². The minimum absolute atomic E-state index is 0.176. The number of nitrogens with zero attached hydrogens (tertiary/aromatic N) is 3. The van der Waals surface area contributed by atoms with Gasteiger partial charge in [-0.3, -0.25) is 0 Å². The van der Waals surface area contributed by atoms with E-state index >= 15 is 0 Å². The van der Waals surface area contributed by atoms with Crippen molar-refractivity contribution in [3.8, 4) is 0 Å². The van der Waals surface area contributed by atoms with E-state index < -0.39 is 10.0 Å². The van der Waals surface area contributed by atoms with Crippen LogP contribution in [0.2, 0.25) is 0 Å². The predicted molar refractivity (Wildman–Crippen MR) is 94.0 cm³/mol. The van der Waals surface area contributed by atoms with Crippen LogP contribution >= 0.6 is 0 Å². The second-order valence-electron chi connectivity index (χ2n) is 6.33. The van der Waals surface area contributed by atoms with E-state index in [2.05, 4.69) is 27.0 Å². The molecule has 1 atom stereocenters. The Balaban J connectivity index is 1.66. The molecule has 1 aliphatic rings. The molecule has 1 saturated heterocycles. The maximum absolute atomic E-state index is 11.6. The second kappa shape index (κ2) is 7.46. The molecule has 1 aliphatic heterocycles. The minimum Gasteiger partial charge on any atom is -0.336 e. The molecule has 2 aromatic rings. The van der Waals surface area contributed by atoms with Gasteiger partial charge in [0.2, 0.25) is 10.0 Å². The average Bonchev–Trinajstić information content (AvgIpc) is 3.08. The number of hydrogen-bond donors (Lipinski definition) is 1. The molecule has 130 valence electrons.